The summed E-state index contributed by atoms with van der Waals surface area (Å²) in [7, 11) is -2.14. The number of benzene rings is 1. The first kappa shape index (κ1) is 15.2. The fraction of sp³-hybridized carbons (Fsp3) is 0.455. The van der Waals surface area contributed by atoms with Gasteiger partial charge in [-0.15, -0.1) is 0 Å². The lowest BCUT2D eigenvalue weighted by Gasteiger charge is -2.16. The molecule has 0 aliphatic heterocycles. The predicted molar refractivity (Wildman–Crippen MR) is 72.1 cm³/mol. The van der Waals surface area contributed by atoms with Crippen molar-refractivity contribution in [3.05, 3.63) is 23.2 Å². The number of halogens is 1. The molecule has 0 amide bonds. The Kier molecular flexibility index (Phi) is 5.40. The zero-order valence-corrected chi connectivity index (χ0v) is 11.9. The number of ether oxygens (including phenoxy) is 1. The van der Waals surface area contributed by atoms with E-state index in [1.54, 1.807) is 0 Å². The summed E-state index contributed by atoms with van der Waals surface area (Å²) in [6.45, 7) is 2.18. The Morgan fingerprint density at radius 2 is 2.17 bits per heavy atom. The van der Waals surface area contributed by atoms with Crippen LogP contribution in [0.15, 0.2) is 23.1 Å². The van der Waals surface area contributed by atoms with Gasteiger partial charge in [0.1, 0.15) is 4.90 Å². The van der Waals surface area contributed by atoms with Crippen molar-refractivity contribution >= 4 is 27.3 Å². The Hall–Kier alpha value is -0.820. The Morgan fingerprint density at radius 3 is 2.67 bits per heavy atom. The molecule has 0 fully saturated rings. The molecule has 1 aromatic rings. The average molecular weight is 293 g/mol. The monoisotopic (exact) mass is 292 g/mol. The highest BCUT2D eigenvalue weighted by atomic mass is 35.5. The van der Waals surface area contributed by atoms with Crippen LogP contribution in [0.2, 0.25) is 5.02 Å². The molecule has 102 valence electrons. The van der Waals surface area contributed by atoms with Crippen LogP contribution < -0.4 is 10.5 Å². The van der Waals surface area contributed by atoms with Gasteiger partial charge in [-0.2, -0.15) is 0 Å². The van der Waals surface area contributed by atoms with Crippen LogP contribution in [0.25, 0.3) is 0 Å². The van der Waals surface area contributed by atoms with Gasteiger partial charge in [0.05, 0.1) is 11.6 Å². The molecule has 1 rings (SSSR count). The molecule has 0 bridgehead atoms. The number of rotatable bonds is 6. The normalized spacial score (nSPS) is 13.5. The molecule has 1 aromatic carbocycles. The molecule has 1 unspecified atom stereocenters. The van der Waals surface area contributed by atoms with Gasteiger partial charge in [0.15, 0.2) is 0 Å². The molecule has 5 nitrogen and oxygen atoms in total. The fourth-order valence-corrected chi connectivity index (χ4v) is 3.31. The third-order valence-corrected chi connectivity index (χ3v) is 4.43. The second kappa shape index (κ2) is 6.38. The van der Waals surface area contributed by atoms with Crippen molar-refractivity contribution in [3.8, 4) is 0 Å². The van der Waals surface area contributed by atoms with E-state index in [1.807, 2.05) is 6.92 Å². The van der Waals surface area contributed by atoms with Gasteiger partial charge in [0.2, 0.25) is 10.0 Å². The third kappa shape index (κ3) is 3.84. The van der Waals surface area contributed by atoms with E-state index >= 15 is 0 Å². The van der Waals surface area contributed by atoms with Crippen LogP contribution in [0.3, 0.4) is 0 Å². The van der Waals surface area contributed by atoms with Crippen molar-refractivity contribution < 1.29 is 13.2 Å². The maximum Gasteiger partial charge on any atom is 0.242 e. The lowest BCUT2D eigenvalue weighted by atomic mass is 10.3. The fourth-order valence-electron chi connectivity index (χ4n) is 1.45. The predicted octanol–water partition coefficient (Wildman–Crippen LogP) is 1.63. The molecule has 0 heterocycles. The molecule has 0 saturated heterocycles. The minimum absolute atomic E-state index is 0.0212. The van der Waals surface area contributed by atoms with E-state index in [-0.39, 0.29) is 16.0 Å². The molecule has 0 saturated carbocycles. The van der Waals surface area contributed by atoms with Crippen LogP contribution in [0, 0.1) is 0 Å². The van der Waals surface area contributed by atoms with Crippen LogP contribution in [0.5, 0.6) is 0 Å². The number of hydrogen-bond acceptors (Lipinski definition) is 4. The topological polar surface area (TPSA) is 81.4 Å². The first-order valence-corrected chi connectivity index (χ1v) is 7.33. The van der Waals surface area contributed by atoms with Crippen molar-refractivity contribution in [2.75, 3.05) is 19.5 Å². The van der Waals surface area contributed by atoms with Crippen molar-refractivity contribution in [2.45, 2.75) is 24.3 Å². The summed E-state index contributed by atoms with van der Waals surface area (Å²) in [5, 5.41) is 0.106. The van der Waals surface area contributed by atoms with Crippen LogP contribution in [-0.2, 0) is 14.8 Å². The maximum absolute atomic E-state index is 12.1. The summed E-state index contributed by atoms with van der Waals surface area (Å²) in [6, 6.07) is 4.01. The number of methoxy groups -OCH3 is 1. The highest BCUT2D eigenvalue weighted by Crippen LogP contribution is 2.23. The standard InChI is InChI=1S/C11H17ClN2O3S/c1-3-9(7-17-2)14-18(15,16)11-5-4-8(13)6-10(11)12/h4-6,9,14H,3,7,13H2,1-2H3. The Balaban J connectivity index is 2.99. The molecule has 0 aliphatic carbocycles. The molecule has 0 aliphatic rings. The minimum atomic E-state index is -3.66. The summed E-state index contributed by atoms with van der Waals surface area (Å²) in [5.41, 5.74) is 5.95. The number of nitrogens with two attached hydrogens (primary N) is 1. The molecule has 0 spiro atoms. The van der Waals surface area contributed by atoms with Gasteiger partial charge in [-0.05, 0) is 24.6 Å². The van der Waals surface area contributed by atoms with Gasteiger partial charge in [0.25, 0.3) is 0 Å². The molecule has 0 aromatic heterocycles. The minimum Gasteiger partial charge on any atom is -0.399 e. The van der Waals surface area contributed by atoms with E-state index in [0.717, 1.165) is 0 Å². The Morgan fingerprint density at radius 1 is 1.50 bits per heavy atom. The molecular weight excluding hydrogens is 276 g/mol. The van der Waals surface area contributed by atoms with E-state index in [2.05, 4.69) is 4.72 Å². The van der Waals surface area contributed by atoms with E-state index in [4.69, 9.17) is 22.1 Å². The van der Waals surface area contributed by atoms with Crippen molar-refractivity contribution in [1.82, 2.24) is 4.72 Å². The van der Waals surface area contributed by atoms with Crippen LogP contribution in [0.4, 0.5) is 5.69 Å². The van der Waals surface area contributed by atoms with Crippen molar-refractivity contribution in [3.63, 3.8) is 0 Å². The Labute approximate surface area is 112 Å². The highest BCUT2D eigenvalue weighted by Gasteiger charge is 2.21. The molecule has 3 N–H and O–H groups in total. The van der Waals surface area contributed by atoms with Gasteiger partial charge in [-0.1, -0.05) is 18.5 Å². The number of anilines is 1. The van der Waals surface area contributed by atoms with Crippen LogP contribution in [0.1, 0.15) is 13.3 Å². The first-order chi connectivity index (χ1) is 8.40. The molecule has 0 radical (unpaired) electrons. The second-order valence-electron chi connectivity index (χ2n) is 3.87. The number of nitrogens with one attached hydrogen (secondary N) is 1. The van der Waals surface area contributed by atoms with Crippen LogP contribution in [-0.4, -0.2) is 28.2 Å². The first-order valence-electron chi connectivity index (χ1n) is 5.47. The second-order valence-corrected chi connectivity index (χ2v) is 5.96. The van der Waals surface area contributed by atoms with E-state index in [0.29, 0.717) is 18.7 Å². The zero-order chi connectivity index (χ0) is 13.8. The smallest absolute Gasteiger partial charge is 0.242 e. The quantitative estimate of drug-likeness (QED) is 0.781. The summed E-state index contributed by atoms with van der Waals surface area (Å²) in [6.07, 6.45) is 0.625. The number of nitrogen functional groups attached to an aromatic ring is 1. The molecule has 18 heavy (non-hydrogen) atoms. The van der Waals surface area contributed by atoms with Crippen molar-refractivity contribution in [1.29, 1.82) is 0 Å². The van der Waals surface area contributed by atoms with E-state index < -0.39 is 10.0 Å². The van der Waals surface area contributed by atoms with Gasteiger partial charge in [-0.25, -0.2) is 13.1 Å². The van der Waals surface area contributed by atoms with Gasteiger partial charge >= 0.3 is 0 Å². The van der Waals surface area contributed by atoms with Gasteiger partial charge in [0, 0.05) is 18.8 Å². The molecule has 1 atom stereocenters. The molecular formula is C11H17ClN2O3S. The summed E-state index contributed by atoms with van der Waals surface area (Å²) in [4.78, 5) is 0.0212. The summed E-state index contributed by atoms with van der Waals surface area (Å²) >= 11 is 5.89. The maximum atomic E-state index is 12.1. The van der Waals surface area contributed by atoms with E-state index in [9.17, 15) is 8.42 Å². The summed E-state index contributed by atoms with van der Waals surface area (Å²) < 4.78 is 31.7. The van der Waals surface area contributed by atoms with Crippen molar-refractivity contribution in [2.24, 2.45) is 0 Å². The SMILES string of the molecule is CCC(COC)NS(=O)(=O)c1ccc(N)cc1Cl. The number of hydrogen-bond donors (Lipinski definition) is 2. The highest BCUT2D eigenvalue weighted by molar-refractivity contribution is 7.89. The third-order valence-electron chi connectivity index (χ3n) is 2.43. The largest absolute Gasteiger partial charge is 0.399 e. The lowest BCUT2D eigenvalue weighted by molar-refractivity contribution is 0.173. The number of sulfonamides is 1. The van der Waals surface area contributed by atoms with Gasteiger partial charge in [-0.3, -0.25) is 0 Å². The van der Waals surface area contributed by atoms with E-state index in [1.165, 1.54) is 25.3 Å². The average Bonchev–Trinajstić information content (AvgIpc) is 2.27. The lowest BCUT2D eigenvalue weighted by Crippen LogP contribution is -2.37. The van der Waals surface area contributed by atoms with Gasteiger partial charge < -0.3 is 10.5 Å². The summed E-state index contributed by atoms with van der Waals surface area (Å²) in [5.74, 6) is 0. The van der Waals surface area contributed by atoms with Crippen LogP contribution >= 0.6 is 11.6 Å². The Bertz CT molecular complexity index is 505. The zero-order valence-electron chi connectivity index (χ0n) is 10.3. The molecule has 7 heteroatoms.